The lowest BCUT2D eigenvalue weighted by molar-refractivity contribution is -0.137. The topological polar surface area (TPSA) is 70.4 Å². The minimum absolute atomic E-state index is 0.302. The summed E-state index contributed by atoms with van der Waals surface area (Å²) in [7, 11) is 0. The molecule has 0 aliphatic heterocycles. The Morgan fingerprint density at radius 1 is 1.30 bits per heavy atom. The molecule has 0 aromatic carbocycles. The van der Waals surface area contributed by atoms with Gasteiger partial charge in [0, 0.05) is 12.5 Å². The fourth-order valence-electron chi connectivity index (χ4n) is 1.90. The molecule has 6 heteroatoms. The number of hydrogen-bond acceptors (Lipinski definition) is 5. The summed E-state index contributed by atoms with van der Waals surface area (Å²) in [6.07, 6.45) is 6.45. The van der Waals surface area contributed by atoms with Crippen LogP contribution in [-0.2, 0) is 20.7 Å². The fraction of sp³-hybridized carbons (Fsp3) is 0.588. The van der Waals surface area contributed by atoms with E-state index in [1.54, 1.807) is 13.1 Å². The second kappa shape index (κ2) is 8.50. The first-order valence-corrected chi connectivity index (χ1v) is 7.93. The zero-order valence-electron chi connectivity index (χ0n) is 14.6. The second-order valence-electron chi connectivity index (χ2n) is 6.10. The summed E-state index contributed by atoms with van der Waals surface area (Å²) in [5.74, 6) is 0.171. The van der Waals surface area contributed by atoms with E-state index in [2.05, 4.69) is 11.9 Å². The predicted octanol–water partition coefficient (Wildman–Crippen LogP) is 3.59. The van der Waals surface area contributed by atoms with Crippen LogP contribution in [-0.4, -0.2) is 33.8 Å². The molecule has 0 bridgehead atoms. The lowest BCUT2D eigenvalue weighted by atomic mass is 10.2. The number of aromatic nitrogens is 2. The van der Waals surface area contributed by atoms with E-state index < -0.39 is 17.7 Å². The molecule has 0 unspecified atom stereocenters. The van der Waals surface area contributed by atoms with Crippen LogP contribution in [0.5, 0.6) is 0 Å². The first-order valence-electron chi connectivity index (χ1n) is 7.93. The molecule has 0 fully saturated rings. The molecular weight excluding hydrogens is 296 g/mol. The van der Waals surface area contributed by atoms with Crippen LogP contribution in [0.15, 0.2) is 12.3 Å². The van der Waals surface area contributed by atoms with Gasteiger partial charge in [0.1, 0.15) is 11.4 Å². The van der Waals surface area contributed by atoms with E-state index in [-0.39, 0.29) is 0 Å². The maximum atomic E-state index is 12.4. The van der Waals surface area contributed by atoms with Gasteiger partial charge >= 0.3 is 12.1 Å². The molecule has 0 atom stereocenters. The Hall–Kier alpha value is -2.11. The number of imidazole rings is 1. The average molecular weight is 322 g/mol. The highest BCUT2D eigenvalue weighted by Gasteiger charge is 2.22. The SMILES string of the molecule is CCCCc1ncc(/C=C\C(=O)OCC)n1C(=O)OC(C)(C)C. The largest absolute Gasteiger partial charge is 0.463 e. The van der Waals surface area contributed by atoms with Crippen molar-refractivity contribution >= 4 is 18.1 Å². The molecule has 0 saturated carbocycles. The third kappa shape index (κ3) is 6.26. The van der Waals surface area contributed by atoms with Gasteiger partial charge in [-0.05, 0) is 40.2 Å². The minimum Gasteiger partial charge on any atom is -0.463 e. The van der Waals surface area contributed by atoms with Crippen LogP contribution < -0.4 is 0 Å². The Balaban J connectivity index is 3.08. The smallest absolute Gasteiger partial charge is 0.420 e. The van der Waals surface area contributed by atoms with E-state index in [0.717, 1.165) is 12.8 Å². The van der Waals surface area contributed by atoms with Crippen molar-refractivity contribution in [1.82, 2.24) is 9.55 Å². The van der Waals surface area contributed by atoms with E-state index in [0.29, 0.717) is 24.5 Å². The van der Waals surface area contributed by atoms with Gasteiger partial charge in [-0.25, -0.2) is 19.1 Å². The number of hydrogen-bond donors (Lipinski definition) is 0. The van der Waals surface area contributed by atoms with Crippen molar-refractivity contribution in [3.8, 4) is 0 Å². The zero-order chi connectivity index (χ0) is 17.5. The number of unbranched alkanes of at least 4 members (excludes halogenated alkanes) is 1. The summed E-state index contributed by atoms with van der Waals surface area (Å²) >= 11 is 0. The molecule has 0 radical (unpaired) electrons. The Bertz CT molecular complexity index is 568. The molecule has 0 amide bonds. The Kier molecular flexibility index (Phi) is 7.00. The molecule has 1 aromatic heterocycles. The molecular formula is C17H26N2O4. The van der Waals surface area contributed by atoms with E-state index in [4.69, 9.17) is 9.47 Å². The van der Waals surface area contributed by atoms with Crippen molar-refractivity contribution in [3.05, 3.63) is 23.8 Å². The first kappa shape index (κ1) is 18.9. The maximum Gasteiger partial charge on any atom is 0.420 e. The van der Waals surface area contributed by atoms with Gasteiger partial charge in [-0.2, -0.15) is 0 Å². The monoisotopic (exact) mass is 322 g/mol. The molecule has 0 aliphatic rings. The van der Waals surface area contributed by atoms with Crippen molar-refractivity contribution in [3.63, 3.8) is 0 Å². The van der Waals surface area contributed by atoms with Crippen molar-refractivity contribution in [2.24, 2.45) is 0 Å². The van der Waals surface area contributed by atoms with Gasteiger partial charge in [0.25, 0.3) is 0 Å². The first-order chi connectivity index (χ1) is 10.8. The maximum absolute atomic E-state index is 12.4. The number of nitrogens with zero attached hydrogens (tertiary/aromatic N) is 2. The predicted molar refractivity (Wildman–Crippen MR) is 88.1 cm³/mol. The highest BCUT2D eigenvalue weighted by atomic mass is 16.6. The van der Waals surface area contributed by atoms with Crippen LogP contribution in [0.4, 0.5) is 4.79 Å². The van der Waals surface area contributed by atoms with Gasteiger partial charge in [0.05, 0.1) is 18.5 Å². The Morgan fingerprint density at radius 3 is 2.57 bits per heavy atom. The van der Waals surface area contributed by atoms with Gasteiger partial charge in [0.2, 0.25) is 0 Å². The number of carbonyl (C=O) groups is 2. The van der Waals surface area contributed by atoms with Crippen LogP contribution in [0, 0.1) is 0 Å². The highest BCUT2D eigenvalue weighted by molar-refractivity contribution is 5.87. The van der Waals surface area contributed by atoms with Crippen molar-refractivity contribution in [2.75, 3.05) is 6.61 Å². The fourth-order valence-corrected chi connectivity index (χ4v) is 1.90. The molecule has 6 nitrogen and oxygen atoms in total. The number of esters is 1. The minimum atomic E-state index is -0.606. The molecule has 0 spiro atoms. The molecule has 0 N–H and O–H groups in total. The summed E-state index contributed by atoms with van der Waals surface area (Å²) in [5, 5.41) is 0. The van der Waals surface area contributed by atoms with E-state index in [9.17, 15) is 9.59 Å². The molecule has 1 aromatic rings. The Labute approximate surface area is 137 Å². The molecule has 23 heavy (non-hydrogen) atoms. The second-order valence-corrected chi connectivity index (χ2v) is 6.10. The summed E-state index contributed by atoms with van der Waals surface area (Å²) in [4.78, 5) is 28.2. The van der Waals surface area contributed by atoms with E-state index in [1.165, 1.54) is 16.7 Å². The molecule has 0 saturated heterocycles. The van der Waals surface area contributed by atoms with E-state index >= 15 is 0 Å². The number of rotatable bonds is 6. The quantitative estimate of drug-likeness (QED) is 0.591. The van der Waals surface area contributed by atoms with Gasteiger partial charge in [0.15, 0.2) is 0 Å². The van der Waals surface area contributed by atoms with E-state index in [1.807, 2.05) is 20.8 Å². The normalized spacial score (nSPS) is 11.7. The summed E-state index contributed by atoms with van der Waals surface area (Å²) in [6.45, 7) is 9.53. The molecule has 0 aliphatic carbocycles. The van der Waals surface area contributed by atoms with Crippen molar-refractivity contribution in [1.29, 1.82) is 0 Å². The average Bonchev–Trinajstić information content (AvgIpc) is 2.84. The third-order valence-corrected chi connectivity index (χ3v) is 2.87. The standard InChI is InChI=1S/C17H26N2O4/c1-6-8-9-14-18-12-13(10-11-15(20)22-7-2)19(14)16(21)23-17(3,4)5/h10-12H,6-9H2,1-5H3/b11-10-. The molecule has 1 heterocycles. The van der Waals surface area contributed by atoms with Crippen LogP contribution >= 0.6 is 0 Å². The van der Waals surface area contributed by atoms with Gasteiger partial charge in [-0.15, -0.1) is 0 Å². The summed E-state index contributed by atoms with van der Waals surface area (Å²) < 4.78 is 11.7. The van der Waals surface area contributed by atoms with Gasteiger partial charge in [-0.1, -0.05) is 13.3 Å². The molecule has 128 valence electrons. The van der Waals surface area contributed by atoms with Gasteiger partial charge in [-0.3, -0.25) is 0 Å². The molecule has 1 rings (SSSR count). The van der Waals surface area contributed by atoms with Crippen molar-refractivity contribution in [2.45, 2.75) is 59.5 Å². The van der Waals surface area contributed by atoms with Crippen LogP contribution in [0.25, 0.3) is 6.08 Å². The van der Waals surface area contributed by atoms with Crippen LogP contribution in [0.1, 0.15) is 59.0 Å². The lowest BCUT2D eigenvalue weighted by Crippen LogP contribution is -2.28. The lowest BCUT2D eigenvalue weighted by Gasteiger charge is -2.20. The number of carbonyl (C=O) groups excluding carboxylic acids is 2. The van der Waals surface area contributed by atoms with Gasteiger partial charge < -0.3 is 9.47 Å². The van der Waals surface area contributed by atoms with Crippen LogP contribution in [0.2, 0.25) is 0 Å². The van der Waals surface area contributed by atoms with Crippen LogP contribution in [0.3, 0.4) is 0 Å². The highest BCUT2D eigenvalue weighted by Crippen LogP contribution is 2.15. The summed E-state index contributed by atoms with van der Waals surface area (Å²) in [5.41, 5.74) is -0.107. The number of aryl methyl sites for hydroxylation is 1. The Morgan fingerprint density at radius 2 is 2.00 bits per heavy atom. The number of ether oxygens (including phenoxy) is 2. The third-order valence-electron chi connectivity index (χ3n) is 2.87. The summed E-state index contributed by atoms with van der Waals surface area (Å²) in [6, 6.07) is 0. The van der Waals surface area contributed by atoms with Crippen molar-refractivity contribution < 1.29 is 19.1 Å². The zero-order valence-corrected chi connectivity index (χ0v) is 14.6.